The maximum Gasteiger partial charge on any atom is 0.259 e. The molecule has 3 heterocycles. The van der Waals surface area contributed by atoms with Crippen LogP contribution in [0, 0.1) is 5.82 Å². The molecule has 0 unspecified atom stereocenters. The largest absolute Gasteiger partial charge is 0.368 e. The number of nitrogens with one attached hydrogen (secondary N) is 1. The third-order valence-electron chi connectivity index (χ3n) is 7.41. The molecule has 3 amide bonds. The third kappa shape index (κ3) is 5.78. The first-order valence-electron chi connectivity index (χ1n) is 13.8. The normalized spacial score (nSPS) is 17.8. The molecular formula is C31H29FN6O3S. The van der Waals surface area contributed by atoms with E-state index in [0.29, 0.717) is 29.8 Å². The molecule has 1 atom stereocenters. The first kappa shape index (κ1) is 27.6. The molecule has 9 nitrogen and oxygen atoms in total. The summed E-state index contributed by atoms with van der Waals surface area (Å²) >= 11 is 1.08. The highest BCUT2D eigenvalue weighted by atomic mass is 32.2. The molecule has 0 spiro atoms. The molecule has 3 aromatic rings. The second-order valence-corrected chi connectivity index (χ2v) is 11.1. The second kappa shape index (κ2) is 12.2. The number of fused-ring (bicyclic) bond motifs is 3. The van der Waals surface area contributed by atoms with Crippen molar-refractivity contribution in [3.63, 3.8) is 0 Å². The van der Waals surface area contributed by atoms with E-state index >= 15 is 0 Å². The van der Waals surface area contributed by atoms with E-state index in [1.54, 1.807) is 12.1 Å². The van der Waals surface area contributed by atoms with Crippen LogP contribution in [0.3, 0.4) is 0 Å². The van der Waals surface area contributed by atoms with E-state index in [-0.39, 0.29) is 36.1 Å². The highest BCUT2D eigenvalue weighted by Crippen LogP contribution is 2.34. The lowest BCUT2D eigenvalue weighted by Gasteiger charge is -2.36. The van der Waals surface area contributed by atoms with Gasteiger partial charge in [-0.25, -0.2) is 14.3 Å². The standard InChI is InChI=1S/C31H29FN6O3S/c32-23-11-5-7-13-25(23)33-27(39)20-42-31-35-24-12-6-4-10-22(24)29-34-26(30(41)38(29)31)14-15-28(40)37-18-16-36(17-19-37)21-8-2-1-3-9-21/h1-13,26H,14-20H2,(H,33,39)/t26-/m1/s1. The second-order valence-electron chi connectivity index (χ2n) is 10.1. The predicted octanol–water partition coefficient (Wildman–Crippen LogP) is 4.29. The lowest BCUT2D eigenvalue weighted by Crippen LogP contribution is -2.49. The summed E-state index contributed by atoms with van der Waals surface area (Å²) in [4.78, 5) is 54.1. The number of anilines is 2. The summed E-state index contributed by atoms with van der Waals surface area (Å²) in [5.41, 5.74) is 2.60. The molecule has 3 aromatic carbocycles. The monoisotopic (exact) mass is 584 g/mol. The van der Waals surface area contributed by atoms with Gasteiger partial charge in [0, 0.05) is 43.9 Å². The van der Waals surface area contributed by atoms with E-state index in [9.17, 15) is 18.8 Å². The number of aliphatic imine (C=N–C) groups is 2. The molecule has 3 aliphatic rings. The Morgan fingerprint density at radius 2 is 1.64 bits per heavy atom. The van der Waals surface area contributed by atoms with Crippen LogP contribution in [-0.2, 0) is 14.4 Å². The number of amidine groups is 2. The maximum absolute atomic E-state index is 14.0. The van der Waals surface area contributed by atoms with Crippen molar-refractivity contribution in [3.8, 4) is 0 Å². The number of hydrogen-bond donors (Lipinski definition) is 1. The highest BCUT2D eigenvalue weighted by Gasteiger charge is 2.41. The highest BCUT2D eigenvalue weighted by molar-refractivity contribution is 8.14. The number of para-hydroxylation sites is 3. The number of amides is 3. The Kier molecular flexibility index (Phi) is 8.00. The SMILES string of the molecule is O=C(CSC1=Nc2ccccc2C2=N[C@H](CCC(=O)N3CCN(c4ccccc4)CC3)C(=O)N12)Nc1ccccc1F. The van der Waals surface area contributed by atoms with Crippen LogP contribution in [0.4, 0.5) is 21.5 Å². The van der Waals surface area contributed by atoms with Gasteiger partial charge in [0.15, 0.2) is 5.17 Å². The maximum atomic E-state index is 14.0. The molecular weight excluding hydrogens is 555 g/mol. The summed E-state index contributed by atoms with van der Waals surface area (Å²) < 4.78 is 14.0. The van der Waals surface area contributed by atoms with E-state index in [2.05, 4.69) is 27.3 Å². The van der Waals surface area contributed by atoms with Crippen LogP contribution in [0.15, 0.2) is 88.8 Å². The van der Waals surface area contributed by atoms with Gasteiger partial charge >= 0.3 is 0 Å². The lowest BCUT2D eigenvalue weighted by molar-refractivity contribution is -0.132. The van der Waals surface area contributed by atoms with Crippen molar-refractivity contribution in [2.45, 2.75) is 18.9 Å². The van der Waals surface area contributed by atoms with E-state index < -0.39 is 17.8 Å². The van der Waals surface area contributed by atoms with Gasteiger partial charge < -0.3 is 15.1 Å². The zero-order chi connectivity index (χ0) is 29.1. The minimum Gasteiger partial charge on any atom is -0.368 e. The van der Waals surface area contributed by atoms with Crippen molar-refractivity contribution in [1.82, 2.24) is 9.80 Å². The average molecular weight is 585 g/mol. The van der Waals surface area contributed by atoms with E-state index in [0.717, 1.165) is 36.1 Å². The van der Waals surface area contributed by atoms with Crippen LogP contribution in [0.1, 0.15) is 18.4 Å². The Morgan fingerprint density at radius 1 is 0.929 bits per heavy atom. The fourth-order valence-electron chi connectivity index (χ4n) is 5.24. The summed E-state index contributed by atoms with van der Waals surface area (Å²) in [6.07, 6.45) is 0.489. The van der Waals surface area contributed by atoms with E-state index in [1.807, 2.05) is 47.4 Å². The summed E-state index contributed by atoms with van der Waals surface area (Å²) in [6, 6.07) is 22.7. The Hall–Kier alpha value is -4.51. The molecule has 1 saturated heterocycles. The van der Waals surface area contributed by atoms with E-state index in [1.165, 1.54) is 17.0 Å². The zero-order valence-corrected chi connectivity index (χ0v) is 23.6. The fraction of sp³-hybridized carbons (Fsp3) is 0.258. The van der Waals surface area contributed by atoms with Gasteiger partial charge in [0.25, 0.3) is 5.91 Å². The van der Waals surface area contributed by atoms with Crippen LogP contribution < -0.4 is 10.2 Å². The van der Waals surface area contributed by atoms with Gasteiger partial charge in [-0.3, -0.25) is 19.4 Å². The first-order chi connectivity index (χ1) is 20.5. The Labute approximate surface area is 247 Å². The summed E-state index contributed by atoms with van der Waals surface area (Å²) in [5, 5.41) is 2.88. The van der Waals surface area contributed by atoms with Crippen LogP contribution in [0.5, 0.6) is 0 Å². The number of nitrogens with zero attached hydrogens (tertiary/aromatic N) is 5. The number of halogens is 1. The average Bonchev–Trinajstić information content (AvgIpc) is 3.36. The number of rotatable bonds is 7. The van der Waals surface area contributed by atoms with Gasteiger partial charge in [-0.15, -0.1) is 0 Å². The summed E-state index contributed by atoms with van der Waals surface area (Å²) in [6.45, 7) is 2.77. The Morgan fingerprint density at radius 3 is 2.43 bits per heavy atom. The Balaban J connectivity index is 1.09. The van der Waals surface area contributed by atoms with Crippen LogP contribution in [-0.4, -0.2) is 76.5 Å². The smallest absolute Gasteiger partial charge is 0.259 e. The summed E-state index contributed by atoms with van der Waals surface area (Å²) in [7, 11) is 0. The minimum absolute atomic E-state index is 0.00839. The van der Waals surface area contributed by atoms with Crippen molar-refractivity contribution in [3.05, 3.63) is 90.2 Å². The number of thioether (sulfide) groups is 1. The molecule has 1 fully saturated rings. The van der Waals surface area contributed by atoms with Gasteiger partial charge in [-0.2, -0.15) is 0 Å². The molecule has 3 aliphatic heterocycles. The molecule has 6 rings (SSSR count). The van der Waals surface area contributed by atoms with Crippen molar-refractivity contribution >= 4 is 57.5 Å². The zero-order valence-electron chi connectivity index (χ0n) is 22.8. The summed E-state index contributed by atoms with van der Waals surface area (Å²) in [5.74, 6) is -0.830. The molecule has 0 saturated carbocycles. The predicted molar refractivity (Wildman–Crippen MR) is 163 cm³/mol. The molecule has 0 radical (unpaired) electrons. The fourth-order valence-corrected chi connectivity index (χ4v) is 6.04. The van der Waals surface area contributed by atoms with Crippen molar-refractivity contribution in [2.24, 2.45) is 9.98 Å². The molecule has 42 heavy (non-hydrogen) atoms. The molecule has 214 valence electrons. The molecule has 0 bridgehead atoms. The van der Waals surface area contributed by atoms with Gasteiger partial charge in [0.2, 0.25) is 11.8 Å². The number of piperazine rings is 1. The molecule has 0 aromatic heterocycles. The molecule has 0 aliphatic carbocycles. The van der Waals surface area contributed by atoms with Crippen LogP contribution in [0.2, 0.25) is 0 Å². The third-order valence-corrected chi connectivity index (χ3v) is 8.35. The van der Waals surface area contributed by atoms with Crippen LogP contribution in [0.25, 0.3) is 0 Å². The Bertz CT molecular complexity index is 1570. The number of carbonyl (C=O) groups excluding carboxylic acids is 3. The number of carbonyl (C=O) groups is 3. The van der Waals surface area contributed by atoms with Gasteiger partial charge in [0.05, 0.1) is 17.1 Å². The first-order valence-corrected chi connectivity index (χ1v) is 14.8. The van der Waals surface area contributed by atoms with E-state index in [4.69, 9.17) is 4.99 Å². The quantitative estimate of drug-likeness (QED) is 0.447. The van der Waals surface area contributed by atoms with Gasteiger partial charge in [-0.05, 0) is 42.8 Å². The van der Waals surface area contributed by atoms with Crippen molar-refractivity contribution < 1.29 is 18.8 Å². The molecule has 11 heteroatoms. The van der Waals surface area contributed by atoms with Crippen molar-refractivity contribution in [1.29, 1.82) is 0 Å². The van der Waals surface area contributed by atoms with Gasteiger partial charge in [-0.1, -0.05) is 54.2 Å². The number of hydrogen-bond acceptors (Lipinski definition) is 7. The van der Waals surface area contributed by atoms with Crippen LogP contribution >= 0.6 is 11.8 Å². The topological polar surface area (TPSA) is 97.7 Å². The van der Waals surface area contributed by atoms with Gasteiger partial charge in [0.1, 0.15) is 17.7 Å². The van der Waals surface area contributed by atoms with Crippen molar-refractivity contribution in [2.75, 3.05) is 42.1 Å². The minimum atomic E-state index is -0.723. The number of benzene rings is 3. The lowest BCUT2D eigenvalue weighted by atomic mass is 10.1. The molecule has 1 N–H and O–H groups in total.